The zero-order valence-corrected chi connectivity index (χ0v) is 15.8. The Bertz CT molecular complexity index is 1060. The van der Waals surface area contributed by atoms with Crippen molar-refractivity contribution < 1.29 is 9.18 Å². The van der Waals surface area contributed by atoms with Crippen LogP contribution in [0, 0.1) is 18.7 Å². The second kappa shape index (κ2) is 6.88. The molecule has 0 unspecified atom stereocenters. The number of nitrogens with zero attached hydrogens (tertiary/aromatic N) is 5. The minimum Gasteiger partial charge on any atom is -0.341 e. The molecule has 2 aliphatic rings. The Hall–Kier alpha value is -3.42. The van der Waals surface area contributed by atoms with Gasteiger partial charge in [-0.3, -0.25) is 4.79 Å². The highest BCUT2D eigenvalue weighted by Gasteiger charge is 2.54. The smallest absolute Gasteiger partial charge is 0.247 e. The van der Waals surface area contributed by atoms with Crippen molar-refractivity contribution in [3.63, 3.8) is 0 Å². The summed E-state index contributed by atoms with van der Waals surface area (Å²) in [6.45, 7) is 1.93. The highest BCUT2D eigenvalue weighted by Crippen LogP contribution is 2.49. The maximum absolute atomic E-state index is 13.1. The molecule has 0 spiro atoms. The van der Waals surface area contributed by atoms with Crippen molar-refractivity contribution >= 4 is 17.4 Å². The normalized spacial score (nSPS) is 22.3. The van der Waals surface area contributed by atoms with Crippen molar-refractivity contribution in [3.8, 4) is 11.4 Å². The van der Waals surface area contributed by atoms with Crippen LogP contribution in [0.25, 0.3) is 11.4 Å². The summed E-state index contributed by atoms with van der Waals surface area (Å²) in [4.78, 5) is 31.6. The van der Waals surface area contributed by atoms with Gasteiger partial charge in [0.15, 0.2) is 11.6 Å². The van der Waals surface area contributed by atoms with Gasteiger partial charge in [-0.2, -0.15) is 0 Å². The lowest BCUT2D eigenvalue weighted by molar-refractivity contribution is -0.117. The number of halogens is 1. The first-order chi connectivity index (χ1) is 14.1. The molecular weight excluding hydrogens is 371 g/mol. The lowest BCUT2D eigenvalue weighted by atomic mass is 10.1. The number of benzene rings is 1. The van der Waals surface area contributed by atoms with Crippen LogP contribution in [0.2, 0.25) is 0 Å². The molecule has 1 aromatic carbocycles. The molecule has 29 heavy (non-hydrogen) atoms. The molecule has 1 saturated heterocycles. The molecule has 8 heteroatoms. The maximum atomic E-state index is 13.1. The van der Waals surface area contributed by atoms with Crippen LogP contribution in [0.15, 0.2) is 49.2 Å². The van der Waals surface area contributed by atoms with Crippen LogP contribution in [-0.4, -0.2) is 37.9 Å². The standard InChI is InChI=1S/C21H19FN6O/c1-12-2-3-15(8-16(12)20-24-9-14(22)10-25-20)27-21(29)18-7-13-6-17(13)28(18)19-4-5-23-11-26-19/h2-5,8-11,13,17-18H,6-7H2,1H3,(H,27,29)/t13-,17-,18-/m1/s1. The summed E-state index contributed by atoms with van der Waals surface area (Å²) in [5.74, 6) is 1.20. The van der Waals surface area contributed by atoms with Crippen molar-refractivity contribution in [3.05, 3.63) is 60.6 Å². The fourth-order valence-corrected chi connectivity index (χ4v) is 4.07. The molecule has 1 aliphatic heterocycles. The Morgan fingerprint density at radius 1 is 1.17 bits per heavy atom. The number of aryl methyl sites for hydroxylation is 1. The van der Waals surface area contributed by atoms with Crippen LogP contribution in [-0.2, 0) is 4.79 Å². The topological polar surface area (TPSA) is 83.9 Å². The van der Waals surface area contributed by atoms with Gasteiger partial charge in [0.2, 0.25) is 5.91 Å². The number of piperidine rings is 1. The molecular formula is C21H19FN6O. The van der Waals surface area contributed by atoms with Crippen LogP contribution in [0.1, 0.15) is 18.4 Å². The van der Waals surface area contributed by atoms with E-state index in [-0.39, 0.29) is 11.9 Å². The minimum atomic E-state index is -0.486. The number of nitrogens with one attached hydrogen (secondary N) is 1. The van der Waals surface area contributed by atoms with Gasteiger partial charge in [-0.15, -0.1) is 0 Å². The van der Waals surface area contributed by atoms with E-state index in [0.29, 0.717) is 23.5 Å². The van der Waals surface area contributed by atoms with Gasteiger partial charge in [-0.05, 0) is 49.4 Å². The molecule has 1 saturated carbocycles. The lowest BCUT2D eigenvalue weighted by Crippen LogP contribution is -2.42. The number of amides is 1. The molecule has 7 nitrogen and oxygen atoms in total. The second-order valence-electron chi connectivity index (χ2n) is 7.53. The van der Waals surface area contributed by atoms with Crippen LogP contribution >= 0.6 is 0 Å². The Balaban J connectivity index is 1.38. The third kappa shape index (κ3) is 3.30. The van der Waals surface area contributed by atoms with E-state index in [9.17, 15) is 9.18 Å². The minimum absolute atomic E-state index is 0.0642. The molecule has 3 atom stereocenters. The Morgan fingerprint density at radius 2 is 2.00 bits per heavy atom. The third-order valence-electron chi connectivity index (χ3n) is 5.60. The van der Waals surface area contributed by atoms with Crippen LogP contribution in [0.5, 0.6) is 0 Å². The quantitative estimate of drug-likeness (QED) is 0.737. The van der Waals surface area contributed by atoms with Gasteiger partial charge in [0.1, 0.15) is 18.2 Å². The molecule has 0 radical (unpaired) electrons. The van der Waals surface area contributed by atoms with E-state index in [1.807, 2.05) is 31.2 Å². The summed E-state index contributed by atoms with van der Waals surface area (Å²) >= 11 is 0. The number of carbonyl (C=O) groups is 1. The third-order valence-corrected chi connectivity index (χ3v) is 5.60. The van der Waals surface area contributed by atoms with Crippen LogP contribution < -0.4 is 10.2 Å². The van der Waals surface area contributed by atoms with Crippen molar-refractivity contribution in [1.29, 1.82) is 0 Å². The number of rotatable bonds is 4. The number of hydrogen-bond donors (Lipinski definition) is 1. The summed E-state index contributed by atoms with van der Waals surface area (Å²) < 4.78 is 13.1. The van der Waals surface area contributed by atoms with E-state index in [1.54, 1.807) is 6.20 Å². The fourth-order valence-electron chi connectivity index (χ4n) is 4.07. The van der Waals surface area contributed by atoms with E-state index < -0.39 is 5.82 Å². The summed E-state index contributed by atoms with van der Waals surface area (Å²) in [5.41, 5.74) is 2.36. The van der Waals surface area contributed by atoms with Gasteiger partial charge in [-0.1, -0.05) is 6.07 Å². The molecule has 2 aromatic heterocycles. The first-order valence-corrected chi connectivity index (χ1v) is 9.54. The van der Waals surface area contributed by atoms with Crippen molar-refractivity contribution in [2.45, 2.75) is 31.8 Å². The largest absolute Gasteiger partial charge is 0.341 e. The zero-order chi connectivity index (χ0) is 20.0. The van der Waals surface area contributed by atoms with Crippen molar-refractivity contribution in [1.82, 2.24) is 19.9 Å². The van der Waals surface area contributed by atoms with Gasteiger partial charge < -0.3 is 10.2 Å². The number of carbonyl (C=O) groups excluding carboxylic acids is 1. The number of aromatic nitrogens is 4. The van der Waals surface area contributed by atoms with E-state index in [4.69, 9.17) is 0 Å². The van der Waals surface area contributed by atoms with Gasteiger partial charge in [0.25, 0.3) is 0 Å². The highest BCUT2D eigenvalue weighted by molar-refractivity contribution is 5.98. The van der Waals surface area contributed by atoms with Crippen LogP contribution in [0.3, 0.4) is 0 Å². The number of anilines is 2. The summed E-state index contributed by atoms with van der Waals surface area (Å²) in [5, 5.41) is 3.02. The van der Waals surface area contributed by atoms with E-state index in [1.165, 1.54) is 6.33 Å². The molecule has 3 aromatic rings. The second-order valence-corrected chi connectivity index (χ2v) is 7.53. The van der Waals surface area contributed by atoms with E-state index >= 15 is 0 Å². The Morgan fingerprint density at radius 3 is 2.76 bits per heavy atom. The average Bonchev–Trinajstić information content (AvgIpc) is 3.40. The van der Waals surface area contributed by atoms with Gasteiger partial charge in [0.05, 0.1) is 12.4 Å². The molecule has 3 heterocycles. The van der Waals surface area contributed by atoms with Crippen LogP contribution in [0.4, 0.5) is 15.9 Å². The first kappa shape index (κ1) is 17.7. The fraction of sp³-hybridized carbons (Fsp3) is 0.286. The lowest BCUT2D eigenvalue weighted by Gasteiger charge is -2.27. The summed E-state index contributed by atoms with van der Waals surface area (Å²) in [6.07, 6.45) is 7.40. The monoisotopic (exact) mass is 390 g/mol. The van der Waals surface area contributed by atoms with Gasteiger partial charge >= 0.3 is 0 Å². The molecule has 1 amide bonds. The van der Waals surface area contributed by atoms with E-state index in [2.05, 4.69) is 30.2 Å². The molecule has 2 fully saturated rings. The SMILES string of the molecule is Cc1ccc(NC(=O)[C@H]2C[C@H]3C[C@H]3N2c2ccncn2)cc1-c1ncc(F)cn1. The Labute approximate surface area is 167 Å². The Kier molecular flexibility index (Phi) is 4.19. The van der Waals surface area contributed by atoms with Crippen molar-refractivity contribution in [2.24, 2.45) is 5.92 Å². The summed E-state index contributed by atoms with van der Waals surface area (Å²) in [6, 6.07) is 7.53. The molecule has 1 N–H and O–H groups in total. The predicted octanol–water partition coefficient (Wildman–Crippen LogP) is 2.99. The average molecular weight is 390 g/mol. The molecule has 146 valence electrons. The first-order valence-electron chi connectivity index (χ1n) is 9.54. The summed E-state index contributed by atoms with van der Waals surface area (Å²) in [7, 11) is 0. The van der Waals surface area contributed by atoms with Gasteiger partial charge in [0, 0.05) is 23.5 Å². The number of fused-ring (bicyclic) bond motifs is 1. The predicted molar refractivity (Wildman–Crippen MR) is 106 cm³/mol. The molecule has 0 bridgehead atoms. The zero-order valence-electron chi connectivity index (χ0n) is 15.8. The molecule has 1 aliphatic carbocycles. The van der Waals surface area contributed by atoms with E-state index in [0.717, 1.165) is 42.2 Å². The molecule has 5 rings (SSSR count). The number of hydrogen-bond acceptors (Lipinski definition) is 6. The van der Waals surface area contributed by atoms with Gasteiger partial charge in [-0.25, -0.2) is 24.3 Å². The highest BCUT2D eigenvalue weighted by atomic mass is 19.1. The van der Waals surface area contributed by atoms with Crippen molar-refractivity contribution in [2.75, 3.05) is 10.2 Å². The maximum Gasteiger partial charge on any atom is 0.247 e.